The Morgan fingerprint density at radius 1 is 1.11 bits per heavy atom. The van der Waals surface area contributed by atoms with Crippen LogP contribution in [0.25, 0.3) is 22.2 Å². The van der Waals surface area contributed by atoms with Crippen molar-refractivity contribution in [1.82, 2.24) is 24.8 Å². The molecule has 0 spiro atoms. The Morgan fingerprint density at radius 2 is 1.92 bits per heavy atom. The minimum atomic E-state index is -4.90. The topological polar surface area (TPSA) is 127 Å². The number of nitrogens with zero attached hydrogens (tertiary/aromatic N) is 6. The molecule has 2 N–H and O–H groups in total. The van der Waals surface area contributed by atoms with Crippen LogP contribution in [0.5, 0.6) is 6.01 Å². The Kier molecular flexibility index (Phi) is 8.03. The van der Waals surface area contributed by atoms with Gasteiger partial charge >= 0.3 is 18.0 Å². The number of nitrogen functional groups attached to an aromatic ring is 1. The molecule has 0 radical (unpaired) electrons. The number of pyridine rings is 1. The van der Waals surface area contributed by atoms with Crippen molar-refractivity contribution in [2.75, 3.05) is 36.9 Å². The lowest BCUT2D eigenvalue weighted by molar-refractivity contribution is -0.137. The standard InChI is InChI=1S/C36H37ClF5N7O4/c1-16-10-24(43)44-30(27(16)36(40,41)42)26-28(37)20-5-7-22-21-6-4-19(48(21)14-23-17(2)52-34(50)53-23)13-49(22)32-25(20)31(29(26)39)45-33(46-32)51-15-35-8-3-9-47(35)12-18(38)11-35/h10,18-19,21-22H,3-9,11-15H2,1-2H3,(H2,43,44)/t18-,19-,21+,22-,35+/m1/s1. The number of alkyl halides is 4. The number of halogens is 6. The second kappa shape index (κ2) is 12.2. The average Bonchev–Trinajstić information content (AvgIpc) is 3.75. The number of benzene rings is 1. The summed E-state index contributed by atoms with van der Waals surface area (Å²) in [6.07, 6.45) is -1.58. The highest BCUT2D eigenvalue weighted by Gasteiger charge is 2.51. The number of hydrogen-bond acceptors (Lipinski definition) is 11. The Morgan fingerprint density at radius 3 is 2.68 bits per heavy atom. The van der Waals surface area contributed by atoms with Crippen molar-refractivity contribution in [3.05, 3.63) is 55.7 Å². The van der Waals surface area contributed by atoms with E-state index in [4.69, 9.17) is 35.9 Å². The first-order valence-electron chi connectivity index (χ1n) is 17.9. The molecular formula is C36H37ClF5N7O4. The van der Waals surface area contributed by atoms with E-state index in [0.717, 1.165) is 38.3 Å². The molecule has 0 unspecified atom stereocenters. The van der Waals surface area contributed by atoms with E-state index < -0.39 is 46.3 Å². The minimum Gasteiger partial charge on any atom is -0.461 e. The van der Waals surface area contributed by atoms with Gasteiger partial charge in [0, 0.05) is 37.6 Å². The molecule has 0 aliphatic carbocycles. The van der Waals surface area contributed by atoms with Crippen LogP contribution >= 0.6 is 11.6 Å². The number of aromatic nitrogens is 3. The van der Waals surface area contributed by atoms with Gasteiger partial charge in [-0.15, -0.1) is 0 Å². The second-order valence-corrected chi connectivity index (χ2v) is 15.5. The first-order chi connectivity index (χ1) is 25.2. The summed E-state index contributed by atoms with van der Waals surface area (Å²) in [6.45, 7) is 4.85. The maximum Gasteiger partial charge on any atom is 0.519 e. The van der Waals surface area contributed by atoms with Gasteiger partial charge in [-0.1, -0.05) is 11.6 Å². The fraction of sp³-hybridized carbons (Fsp3) is 0.556. The van der Waals surface area contributed by atoms with Gasteiger partial charge in [-0.2, -0.15) is 23.1 Å². The van der Waals surface area contributed by atoms with Gasteiger partial charge in [0.2, 0.25) is 0 Å². The molecule has 0 saturated carbocycles. The normalized spacial score (nSPS) is 27.1. The van der Waals surface area contributed by atoms with E-state index in [0.29, 0.717) is 54.3 Å². The largest absolute Gasteiger partial charge is 0.519 e. The molecule has 2 bridgehead atoms. The van der Waals surface area contributed by atoms with Crippen LogP contribution in [-0.2, 0) is 19.1 Å². The smallest absolute Gasteiger partial charge is 0.461 e. The fourth-order valence-corrected chi connectivity index (χ4v) is 10.3. The van der Waals surface area contributed by atoms with E-state index in [1.807, 2.05) is 0 Å². The van der Waals surface area contributed by atoms with Crippen LogP contribution in [0.1, 0.15) is 66.7 Å². The number of hydrogen-bond donors (Lipinski definition) is 1. The molecule has 5 atom stereocenters. The number of piperazine rings is 1. The van der Waals surface area contributed by atoms with Gasteiger partial charge in [0.15, 0.2) is 11.6 Å². The number of rotatable bonds is 6. The van der Waals surface area contributed by atoms with Crippen molar-refractivity contribution in [2.24, 2.45) is 0 Å². The summed E-state index contributed by atoms with van der Waals surface area (Å²) in [5, 5.41) is 0.0877. The third kappa shape index (κ3) is 5.49. The molecule has 11 nitrogen and oxygen atoms in total. The SMILES string of the molecule is Cc1cc(N)nc(-c2c(Cl)c3c4c(nc(OC[C@@]56CCCN5C[C@H](F)C6)nc4c2F)N2C[C@H]4CC[C@@H]([C@H]2CC3)N4Cc2oc(=O)oc2C)c1C(F)(F)F. The van der Waals surface area contributed by atoms with Crippen LogP contribution in [0.4, 0.5) is 33.6 Å². The Bertz CT molecular complexity index is 2210. The Hall–Kier alpha value is -4.02. The van der Waals surface area contributed by atoms with Crippen molar-refractivity contribution in [3.63, 3.8) is 0 Å². The number of fused-ring (bicyclic) bond motifs is 6. The highest BCUT2D eigenvalue weighted by molar-refractivity contribution is 6.35. The molecule has 8 heterocycles. The predicted octanol–water partition coefficient (Wildman–Crippen LogP) is 6.37. The number of aryl methyl sites for hydroxylation is 3. The summed E-state index contributed by atoms with van der Waals surface area (Å²) < 4.78 is 92.5. The average molecular weight is 762 g/mol. The van der Waals surface area contributed by atoms with Crippen LogP contribution < -0.4 is 21.2 Å². The van der Waals surface area contributed by atoms with Gasteiger partial charge in [0.1, 0.15) is 35.7 Å². The fourth-order valence-electron chi connectivity index (χ4n) is 9.90. The molecule has 5 aliphatic heterocycles. The van der Waals surface area contributed by atoms with E-state index in [9.17, 15) is 22.4 Å². The lowest BCUT2D eigenvalue weighted by Crippen LogP contribution is -2.59. The summed E-state index contributed by atoms with van der Waals surface area (Å²) in [6, 6.07) is 0.713. The zero-order valence-electron chi connectivity index (χ0n) is 29.0. The molecule has 282 valence electrons. The summed E-state index contributed by atoms with van der Waals surface area (Å²) in [5.74, 6) is -0.860. The van der Waals surface area contributed by atoms with Crippen LogP contribution in [0.3, 0.4) is 0 Å². The molecule has 4 aromatic rings. The first-order valence-corrected chi connectivity index (χ1v) is 18.3. The summed E-state index contributed by atoms with van der Waals surface area (Å²) >= 11 is 7.03. The predicted molar refractivity (Wildman–Crippen MR) is 184 cm³/mol. The van der Waals surface area contributed by atoms with Gasteiger partial charge in [0.25, 0.3) is 0 Å². The number of anilines is 2. The molecule has 5 aliphatic rings. The molecular weight excluding hydrogens is 725 g/mol. The lowest BCUT2D eigenvalue weighted by atomic mass is 9.93. The molecule has 17 heteroatoms. The van der Waals surface area contributed by atoms with Crippen molar-refractivity contribution < 1.29 is 35.5 Å². The van der Waals surface area contributed by atoms with E-state index in [-0.39, 0.29) is 65.5 Å². The molecule has 1 aromatic carbocycles. The molecule has 9 rings (SSSR count). The Labute approximate surface area is 305 Å². The molecule has 0 amide bonds. The highest BCUT2D eigenvalue weighted by Crippen LogP contribution is 2.50. The molecule has 3 aromatic heterocycles. The summed E-state index contributed by atoms with van der Waals surface area (Å²) in [5.41, 5.74) is 2.93. The Balaban J connectivity index is 1.20. The second-order valence-electron chi connectivity index (χ2n) is 15.1. The van der Waals surface area contributed by atoms with Gasteiger partial charge in [-0.25, -0.2) is 18.6 Å². The third-order valence-corrected chi connectivity index (χ3v) is 12.6. The van der Waals surface area contributed by atoms with E-state index in [2.05, 4.69) is 24.7 Å². The van der Waals surface area contributed by atoms with Crippen LogP contribution in [0.15, 0.2) is 19.7 Å². The van der Waals surface area contributed by atoms with Crippen molar-refractivity contribution in [3.8, 4) is 17.3 Å². The lowest BCUT2D eigenvalue weighted by Gasteiger charge is -2.47. The highest BCUT2D eigenvalue weighted by atomic mass is 35.5. The number of ether oxygens (including phenoxy) is 1. The van der Waals surface area contributed by atoms with E-state index >= 15 is 4.39 Å². The molecule has 4 saturated heterocycles. The quantitative estimate of drug-likeness (QED) is 0.220. The maximum absolute atomic E-state index is 17.2. The van der Waals surface area contributed by atoms with E-state index in [1.165, 1.54) is 6.92 Å². The first kappa shape index (κ1) is 34.7. The monoisotopic (exact) mass is 761 g/mol. The zero-order valence-corrected chi connectivity index (χ0v) is 29.8. The van der Waals surface area contributed by atoms with Crippen LogP contribution in [0, 0.1) is 19.7 Å². The minimum absolute atomic E-state index is 0.00565. The van der Waals surface area contributed by atoms with Crippen molar-refractivity contribution in [1.29, 1.82) is 0 Å². The van der Waals surface area contributed by atoms with Gasteiger partial charge in [-0.3, -0.25) is 9.80 Å². The number of nitrogens with two attached hydrogens (primary N) is 1. The van der Waals surface area contributed by atoms with Gasteiger partial charge in [0.05, 0.1) is 39.3 Å². The van der Waals surface area contributed by atoms with Crippen molar-refractivity contribution in [2.45, 2.75) is 101 Å². The van der Waals surface area contributed by atoms with Crippen LogP contribution in [0.2, 0.25) is 5.02 Å². The zero-order chi connectivity index (χ0) is 37.1. The molecule has 53 heavy (non-hydrogen) atoms. The summed E-state index contributed by atoms with van der Waals surface area (Å²) in [4.78, 5) is 31.8. The maximum atomic E-state index is 17.2. The van der Waals surface area contributed by atoms with Crippen LogP contribution in [-0.4, -0.2) is 80.8 Å². The summed E-state index contributed by atoms with van der Waals surface area (Å²) in [7, 11) is 0. The molecule has 4 fully saturated rings. The van der Waals surface area contributed by atoms with Gasteiger partial charge < -0.3 is 24.2 Å². The van der Waals surface area contributed by atoms with Gasteiger partial charge in [-0.05, 0) is 76.1 Å². The van der Waals surface area contributed by atoms with E-state index in [1.54, 1.807) is 6.92 Å². The third-order valence-electron chi connectivity index (χ3n) is 12.1. The van der Waals surface area contributed by atoms with Crippen molar-refractivity contribution >= 4 is 34.1 Å².